The van der Waals surface area contributed by atoms with Crippen LogP contribution in [-0.4, -0.2) is 51.1 Å². The highest BCUT2D eigenvalue weighted by Gasteiger charge is 2.36. The van der Waals surface area contributed by atoms with Gasteiger partial charge in [-0.3, -0.25) is 4.79 Å². The summed E-state index contributed by atoms with van der Waals surface area (Å²) in [5, 5.41) is 11.5. The van der Waals surface area contributed by atoms with Gasteiger partial charge >= 0.3 is 24.3 Å². The molecular weight excluding hydrogens is 719 g/mol. The van der Waals surface area contributed by atoms with E-state index in [9.17, 15) is 32.3 Å². The van der Waals surface area contributed by atoms with Gasteiger partial charge in [-0.25, -0.2) is 19.1 Å². The molecule has 294 valence electrons. The Hall–Kier alpha value is -5.86. The van der Waals surface area contributed by atoms with Crippen LogP contribution in [0.15, 0.2) is 84.9 Å². The monoisotopic (exact) mass is 765 g/mol. The van der Waals surface area contributed by atoms with Gasteiger partial charge in [0, 0.05) is 18.3 Å². The third-order valence-electron chi connectivity index (χ3n) is 7.60. The van der Waals surface area contributed by atoms with E-state index in [0.29, 0.717) is 22.8 Å². The van der Waals surface area contributed by atoms with Crippen LogP contribution in [0.4, 0.5) is 28.4 Å². The molecule has 55 heavy (non-hydrogen) atoms. The normalized spacial score (nSPS) is 13.0. The molecule has 1 aromatic heterocycles. The molecule has 4 rings (SSSR count). The molecule has 0 aliphatic carbocycles. The highest BCUT2D eigenvalue weighted by molar-refractivity contribution is 6.03. The smallest absolute Gasteiger partial charge is 0.435 e. The molecule has 12 nitrogen and oxygen atoms in total. The molecule has 0 aliphatic heterocycles. The van der Waals surface area contributed by atoms with E-state index in [0.717, 1.165) is 4.68 Å². The molecule has 1 unspecified atom stereocenters. The van der Waals surface area contributed by atoms with Crippen LogP contribution in [0, 0.1) is 5.92 Å². The van der Waals surface area contributed by atoms with E-state index in [1.54, 1.807) is 110 Å². The fraction of sp³-hybridized carbons (Fsp3) is 0.375. The van der Waals surface area contributed by atoms with E-state index >= 15 is 0 Å². The van der Waals surface area contributed by atoms with Gasteiger partial charge in [-0.1, -0.05) is 68.4 Å². The number of hydrogen-bond acceptors (Lipinski definition) is 8. The van der Waals surface area contributed by atoms with Gasteiger partial charge < -0.3 is 30.2 Å². The molecular formula is C40H46F3N5O7. The molecule has 15 heteroatoms. The second kappa shape index (κ2) is 17.1. The van der Waals surface area contributed by atoms with Crippen LogP contribution in [0.2, 0.25) is 0 Å². The molecule has 2 atom stereocenters. The number of halogens is 3. The van der Waals surface area contributed by atoms with Gasteiger partial charge in [0.05, 0.1) is 5.69 Å². The summed E-state index contributed by atoms with van der Waals surface area (Å²) in [5.41, 5.74) is -1.43. The number of hydrogen-bond donors (Lipinski definition) is 3. The number of nitrogens with zero attached hydrogens (tertiary/aromatic N) is 2. The lowest BCUT2D eigenvalue weighted by Gasteiger charge is -2.27. The Bertz CT molecular complexity index is 1980. The summed E-state index contributed by atoms with van der Waals surface area (Å²) in [6.07, 6.45) is -7.34. The number of alkyl carbamates (subject to hydrolysis) is 2. The fourth-order valence-corrected chi connectivity index (χ4v) is 5.22. The molecule has 0 spiro atoms. The molecule has 1 heterocycles. The Morgan fingerprint density at radius 1 is 0.764 bits per heavy atom. The van der Waals surface area contributed by atoms with Crippen LogP contribution in [0.1, 0.15) is 94.4 Å². The summed E-state index contributed by atoms with van der Waals surface area (Å²) in [6.45, 7) is 13.7. The molecule has 4 aromatic rings. The van der Waals surface area contributed by atoms with Crippen molar-refractivity contribution in [2.75, 3.05) is 5.32 Å². The van der Waals surface area contributed by atoms with Crippen LogP contribution in [-0.2, 0) is 31.7 Å². The molecule has 3 N–H and O–H groups in total. The zero-order valence-electron chi connectivity index (χ0n) is 31.9. The van der Waals surface area contributed by atoms with Crippen molar-refractivity contribution in [3.8, 4) is 5.69 Å². The van der Waals surface area contributed by atoms with E-state index in [2.05, 4.69) is 21.0 Å². The minimum atomic E-state index is -4.87. The van der Waals surface area contributed by atoms with Crippen molar-refractivity contribution in [1.29, 1.82) is 0 Å². The number of benzene rings is 3. The van der Waals surface area contributed by atoms with Gasteiger partial charge in [-0.15, -0.1) is 0 Å². The first-order chi connectivity index (χ1) is 25.6. The summed E-state index contributed by atoms with van der Waals surface area (Å²) in [5.74, 6) is -2.03. The lowest BCUT2D eigenvalue weighted by Crippen LogP contribution is -2.47. The van der Waals surface area contributed by atoms with E-state index < -0.39 is 65.0 Å². The number of alkyl halides is 3. The van der Waals surface area contributed by atoms with E-state index in [-0.39, 0.29) is 23.8 Å². The molecule has 3 amide bonds. The number of anilines is 1. The SMILES string of the molecule is CC(C)[C@H](NC(=O)OC(C)(C)C)C(=O)OC(c1ccccc1)c1cccc(NC(=O)c2cc(C(F)(F)F)nn2-c2cccc(CNC(=O)OC(C)(C)C)c2)c1. The first kappa shape index (κ1) is 41.9. The molecule has 0 radical (unpaired) electrons. The zero-order valence-corrected chi connectivity index (χ0v) is 31.9. The van der Waals surface area contributed by atoms with Gasteiger partial charge in [0.15, 0.2) is 11.8 Å². The minimum absolute atomic E-state index is 0.00733. The van der Waals surface area contributed by atoms with Crippen molar-refractivity contribution in [2.45, 2.75) is 91.5 Å². The topological polar surface area (TPSA) is 150 Å². The van der Waals surface area contributed by atoms with Crippen molar-refractivity contribution >= 4 is 29.8 Å². The third kappa shape index (κ3) is 12.3. The summed E-state index contributed by atoms with van der Waals surface area (Å²) in [6, 6.07) is 20.8. The van der Waals surface area contributed by atoms with Crippen LogP contribution in [0.3, 0.4) is 0 Å². The van der Waals surface area contributed by atoms with Crippen molar-refractivity contribution in [2.24, 2.45) is 5.92 Å². The maximum atomic E-state index is 13.9. The Labute approximate surface area is 317 Å². The van der Waals surface area contributed by atoms with Crippen LogP contribution in [0.25, 0.3) is 5.69 Å². The van der Waals surface area contributed by atoms with E-state index in [1.165, 1.54) is 24.3 Å². The molecule has 0 saturated heterocycles. The summed E-state index contributed by atoms with van der Waals surface area (Å²) in [7, 11) is 0. The number of carbonyl (C=O) groups excluding carboxylic acids is 4. The van der Waals surface area contributed by atoms with Crippen molar-refractivity contribution < 1.29 is 46.6 Å². The highest BCUT2D eigenvalue weighted by Crippen LogP contribution is 2.32. The number of esters is 1. The fourth-order valence-electron chi connectivity index (χ4n) is 5.22. The molecule has 0 bridgehead atoms. The average molecular weight is 766 g/mol. The Balaban J connectivity index is 1.62. The van der Waals surface area contributed by atoms with E-state index in [1.807, 2.05) is 0 Å². The third-order valence-corrected chi connectivity index (χ3v) is 7.60. The maximum absolute atomic E-state index is 13.9. The number of rotatable bonds is 11. The number of carbonyl (C=O) groups is 4. The largest absolute Gasteiger partial charge is 0.451 e. The standard InChI is InChI=1S/C40H46F3N5O7/c1-24(2)32(46-37(52)55-39(6,7)8)35(50)53-33(26-15-10-9-11-16-26)27-17-13-18-28(21-27)45-34(49)30-22-31(40(41,42)43)47-48(30)29-19-12-14-25(20-29)23-44-36(51)54-38(3,4)5/h9-22,24,32-33H,23H2,1-8H3,(H,44,51)(H,45,49)(H,46,52)/t32-,33?/m0/s1. The molecule has 0 saturated carbocycles. The van der Waals surface area contributed by atoms with Gasteiger partial charge in [0.25, 0.3) is 5.91 Å². The lowest BCUT2D eigenvalue weighted by molar-refractivity contribution is -0.151. The first-order valence-electron chi connectivity index (χ1n) is 17.5. The molecule has 3 aromatic carbocycles. The zero-order chi connectivity index (χ0) is 40.7. The van der Waals surface area contributed by atoms with Gasteiger partial charge in [0.1, 0.15) is 22.9 Å². The second-order valence-corrected chi connectivity index (χ2v) is 15.0. The average Bonchev–Trinajstić information content (AvgIpc) is 3.55. The van der Waals surface area contributed by atoms with Gasteiger partial charge in [-0.05, 0) is 88.4 Å². The maximum Gasteiger partial charge on any atom is 0.435 e. The molecule has 0 aliphatic rings. The highest BCUT2D eigenvalue weighted by atomic mass is 19.4. The first-order valence-corrected chi connectivity index (χ1v) is 17.5. The predicted octanol–water partition coefficient (Wildman–Crippen LogP) is 8.35. The van der Waals surface area contributed by atoms with Crippen molar-refractivity contribution in [1.82, 2.24) is 20.4 Å². The van der Waals surface area contributed by atoms with Crippen LogP contribution < -0.4 is 16.0 Å². The van der Waals surface area contributed by atoms with Crippen molar-refractivity contribution in [3.05, 3.63) is 113 Å². The van der Waals surface area contributed by atoms with Crippen molar-refractivity contribution in [3.63, 3.8) is 0 Å². The summed E-state index contributed by atoms with van der Waals surface area (Å²) >= 11 is 0. The quantitative estimate of drug-likeness (QED) is 0.102. The van der Waals surface area contributed by atoms with E-state index in [4.69, 9.17) is 14.2 Å². The van der Waals surface area contributed by atoms with Gasteiger partial charge in [0.2, 0.25) is 0 Å². The minimum Gasteiger partial charge on any atom is -0.451 e. The predicted molar refractivity (Wildman–Crippen MR) is 198 cm³/mol. The Kier molecular flexibility index (Phi) is 13.0. The van der Waals surface area contributed by atoms with Crippen LogP contribution in [0.5, 0.6) is 0 Å². The number of aromatic nitrogens is 2. The number of ether oxygens (including phenoxy) is 3. The summed E-state index contributed by atoms with van der Waals surface area (Å²) in [4.78, 5) is 52.1. The molecule has 0 fully saturated rings. The Morgan fingerprint density at radius 3 is 2.00 bits per heavy atom. The van der Waals surface area contributed by atoms with Gasteiger partial charge in [-0.2, -0.15) is 18.3 Å². The Morgan fingerprint density at radius 2 is 1.38 bits per heavy atom. The van der Waals surface area contributed by atoms with Crippen LogP contribution >= 0.6 is 0 Å². The second-order valence-electron chi connectivity index (χ2n) is 15.0. The number of nitrogens with one attached hydrogen (secondary N) is 3. The number of amides is 3. The lowest BCUT2D eigenvalue weighted by atomic mass is 10.00. The summed E-state index contributed by atoms with van der Waals surface area (Å²) < 4.78 is 59.3.